The summed E-state index contributed by atoms with van der Waals surface area (Å²) in [6.45, 7) is 4.07. The van der Waals surface area contributed by atoms with Gasteiger partial charge in [-0.3, -0.25) is 4.79 Å². The van der Waals surface area contributed by atoms with E-state index in [2.05, 4.69) is 24.4 Å². The fourth-order valence-electron chi connectivity index (χ4n) is 4.28. The van der Waals surface area contributed by atoms with Crippen LogP contribution in [0.25, 0.3) is 5.69 Å². The van der Waals surface area contributed by atoms with E-state index in [1.165, 1.54) is 21.9 Å². The molecule has 142 valence electrons. The fourth-order valence-corrected chi connectivity index (χ4v) is 5.28. The van der Waals surface area contributed by atoms with Gasteiger partial charge in [-0.05, 0) is 63.1 Å². The predicted octanol–water partition coefficient (Wildman–Crippen LogP) is 5.25. The van der Waals surface area contributed by atoms with Crippen molar-refractivity contribution in [1.82, 2.24) is 9.78 Å². The summed E-state index contributed by atoms with van der Waals surface area (Å²) in [5.41, 5.74) is 4.61. The average Bonchev–Trinajstić information content (AvgIpc) is 3.25. The van der Waals surface area contributed by atoms with Gasteiger partial charge >= 0.3 is 0 Å². The van der Waals surface area contributed by atoms with Crippen LogP contribution >= 0.6 is 11.3 Å². The van der Waals surface area contributed by atoms with Gasteiger partial charge in [0, 0.05) is 33.0 Å². The lowest BCUT2D eigenvalue weighted by Crippen LogP contribution is -2.27. The molecule has 1 N–H and O–H groups in total. The number of anilines is 1. The van der Waals surface area contributed by atoms with Crippen LogP contribution in [-0.2, 0) is 4.79 Å². The quantitative estimate of drug-likeness (QED) is 0.646. The monoisotopic (exact) mass is 393 g/mol. The first-order valence-electron chi connectivity index (χ1n) is 9.48. The molecule has 0 amide bonds. The number of allylic oxidation sites excluding steroid dienone is 2. The number of thiophene rings is 1. The number of benzene rings is 1. The molecule has 0 saturated heterocycles. The molecule has 6 heteroatoms. The second-order valence-corrected chi connectivity index (χ2v) is 8.73. The van der Waals surface area contributed by atoms with Crippen LogP contribution in [0.4, 0.5) is 10.2 Å². The van der Waals surface area contributed by atoms with Crippen molar-refractivity contribution in [3.8, 4) is 5.69 Å². The highest BCUT2D eigenvalue weighted by molar-refractivity contribution is 7.12. The number of aromatic nitrogens is 2. The Morgan fingerprint density at radius 1 is 1.14 bits per heavy atom. The number of nitrogens with zero attached hydrogens (tertiary/aromatic N) is 2. The Balaban J connectivity index is 1.74. The number of carbonyl (C=O) groups excluding carboxylic acids is 1. The maximum absolute atomic E-state index is 13.4. The first-order valence-corrected chi connectivity index (χ1v) is 10.3. The molecule has 2 aliphatic rings. The van der Waals surface area contributed by atoms with Crippen LogP contribution < -0.4 is 5.32 Å². The van der Waals surface area contributed by atoms with E-state index in [-0.39, 0.29) is 17.5 Å². The number of Topliss-reactive ketones (excluding diaryl/α,β-unsaturated/α-hetero) is 1. The zero-order valence-electron chi connectivity index (χ0n) is 15.8. The van der Waals surface area contributed by atoms with Crippen molar-refractivity contribution in [3.05, 3.63) is 74.5 Å². The molecule has 4 nitrogen and oxygen atoms in total. The highest BCUT2D eigenvalue weighted by Crippen LogP contribution is 2.48. The lowest BCUT2D eigenvalue weighted by molar-refractivity contribution is -0.116. The molecule has 28 heavy (non-hydrogen) atoms. The van der Waals surface area contributed by atoms with E-state index < -0.39 is 0 Å². The second-order valence-electron chi connectivity index (χ2n) is 7.41. The van der Waals surface area contributed by atoms with Crippen molar-refractivity contribution in [1.29, 1.82) is 0 Å². The van der Waals surface area contributed by atoms with Crippen LogP contribution in [0.15, 0.2) is 47.7 Å². The Bertz CT molecular complexity index is 1120. The minimum Gasteiger partial charge on any atom is -0.343 e. The van der Waals surface area contributed by atoms with Crippen LogP contribution in [0, 0.1) is 19.7 Å². The third-order valence-electron chi connectivity index (χ3n) is 5.53. The number of halogens is 1. The summed E-state index contributed by atoms with van der Waals surface area (Å²) in [4.78, 5) is 15.3. The number of hydrogen-bond donors (Lipinski definition) is 1. The van der Waals surface area contributed by atoms with Gasteiger partial charge in [-0.25, -0.2) is 9.07 Å². The van der Waals surface area contributed by atoms with Crippen molar-refractivity contribution in [2.24, 2.45) is 0 Å². The molecule has 1 atom stereocenters. The van der Waals surface area contributed by atoms with Crippen molar-refractivity contribution in [2.45, 2.75) is 39.0 Å². The van der Waals surface area contributed by atoms with Crippen molar-refractivity contribution >= 4 is 22.9 Å². The third-order valence-corrected chi connectivity index (χ3v) is 6.59. The van der Waals surface area contributed by atoms with E-state index in [9.17, 15) is 9.18 Å². The number of nitrogens with one attached hydrogen (secondary N) is 1. The number of hydrogen-bond acceptors (Lipinski definition) is 4. The minimum atomic E-state index is -0.274. The predicted molar refractivity (Wildman–Crippen MR) is 109 cm³/mol. The van der Waals surface area contributed by atoms with Crippen LogP contribution in [0.1, 0.15) is 46.2 Å². The number of carbonyl (C=O) groups is 1. The van der Waals surface area contributed by atoms with Gasteiger partial charge < -0.3 is 5.32 Å². The van der Waals surface area contributed by atoms with E-state index >= 15 is 0 Å². The zero-order valence-corrected chi connectivity index (χ0v) is 16.6. The lowest BCUT2D eigenvalue weighted by atomic mass is 9.79. The second kappa shape index (κ2) is 6.41. The standard InChI is InChI=1S/C22H20FN3OS/c1-12-6-11-18(28-12)21-19-13(2)25-26(15-9-7-14(23)8-10-15)22(19)24-16-4-3-5-17(27)20(16)21/h6-11,21,24H,3-5H2,1-2H3/t21-/m0/s1. The fraction of sp³-hybridized carbons (Fsp3) is 0.273. The molecule has 3 heterocycles. The Hall–Kier alpha value is -2.73. The van der Waals surface area contributed by atoms with Gasteiger partial charge in [0.1, 0.15) is 11.6 Å². The highest BCUT2D eigenvalue weighted by atomic mass is 32.1. The minimum absolute atomic E-state index is 0.0908. The zero-order chi connectivity index (χ0) is 19.4. The molecule has 0 radical (unpaired) electrons. The molecule has 3 aromatic rings. The summed E-state index contributed by atoms with van der Waals surface area (Å²) in [6.07, 6.45) is 2.32. The van der Waals surface area contributed by atoms with Gasteiger partial charge in [-0.2, -0.15) is 5.10 Å². The van der Waals surface area contributed by atoms with E-state index in [1.54, 1.807) is 23.5 Å². The molecule has 0 bridgehead atoms. The number of rotatable bonds is 2. The van der Waals surface area contributed by atoms with Crippen LogP contribution in [0.3, 0.4) is 0 Å². The summed E-state index contributed by atoms with van der Waals surface area (Å²) in [6, 6.07) is 10.6. The highest BCUT2D eigenvalue weighted by Gasteiger charge is 2.39. The molecular formula is C22H20FN3OS. The summed E-state index contributed by atoms with van der Waals surface area (Å²) in [5.74, 6) is 0.745. The Kier molecular flexibility index (Phi) is 3.98. The summed E-state index contributed by atoms with van der Waals surface area (Å²) < 4.78 is 15.2. The molecule has 1 aliphatic heterocycles. The SMILES string of the molecule is Cc1ccc([C@@H]2C3=C(CCCC3=O)Nc3c2c(C)nn3-c2ccc(F)cc2)s1. The lowest BCUT2D eigenvalue weighted by Gasteiger charge is -2.32. The summed E-state index contributed by atoms with van der Waals surface area (Å²) in [7, 11) is 0. The van der Waals surface area contributed by atoms with Gasteiger partial charge in [-0.1, -0.05) is 0 Å². The summed E-state index contributed by atoms with van der Waals surface area (Å²) >= 11 is 1.73. The Labute approximate surface area is 166 Å². The normalized spacial score (nSPS) is 18.7. The van der Waals surface area contributed by atoms with Gasteiger partial charge in [0.15, 0.2) is 5.78 Å². The smallest absolute Gasteiger partial charge is 0.161 e. The molecule has 0 unspecified atom stereocenters. The van der Waals surface area contributed by atoms with Crippen molar-refractivity contribution in [3.63, 3.8) is 0 Å². The molecule has 1 aromatic carbocycles. The van der Waals surface area contributed by atoms with E-state index in [0.717, 1.165) is 46.9 Å². The first-order chi connectivity index (χ1) is 13.5. The molecule has 0 spiro atoms. The van der Waals surface area contributed by atoms with Crippen molar-refractivity contribution < 1.29 is 9.18 Å². The summed E-state index contributed by atoms with van der Waals surface area (Å²) in [5, 5.41) is 8.26. The van der Waals surface area contributed by atoms with E-state index in [0.29, 0.717) is 6.42 Å². The largest absolute Gasteiger partial charge is 0.343 e. The average molecular weight is 393 g/mol. The van der Waals surface area contributed by atoms with Gasteiger partial charge in [0.05, 0.1) is 17.3 Å². The molecule has 1 aliphatic carbocycles. The van der Waals surface area contributed by atoms with Gasteiger partial charge in [-0.15, -0.1) is 11.3 Å². The number of ketones is 1. The maximum atomic E-state index is 13.4. The topological polar surface area (TPSA) is 46.9 Å². The third kappa shape index (κ3) is 2.63. The molecule has 0 saturated carbocycles. The number of fused-ring (bicyclic) bond motifs is 1. The van der Waals surface area contributed by atoms with Crippen LogP contribution in [0.5, 0.6) is 0 Å². The Morgan fingerprint density at radius 3 is 2.64 bits per heavy atom. The molecular weight excluding hydrogens is 373 g/mol. The number of aryl methyl sites for hydroxylation is 2. The van der Waals surface area contributed by atoms with E-state index in [1.807, 2.05) is 11.6 Å². The van der Waals surface area contributed by atoms with E-state index in [4.69, 9.17) is 5.10 Å². The van der Waals surface area contributed by atoms with Gasteiger partial charge in [0.2, 0.25) is 0 Å². The first kappa shape index (κ1) is 17.4. The molecule has 0 fully saturated rings. The van der Waals surface area contributed by atoms with Crippen LogP contribution in [-0.4, -0.2) is 15.6 Å². The van der Waals surface area contributed by atoms with Crippen molar-refractivity contribution in [2.75, 3.05) is 5.32 Å². The van der Waals surface area contributed by atoms with Crippen LogP contribution in [0.2, 0.25) is 0 Å². The molecule has 5 rings (SSSR count). The maximum Gasteiger partial charge on any atom is 0.161 e. The van der Waals surface area contributed by atoms with Gasteiger partial charge in [0.25, 0.3) is 0 Å². The Morgan fingerprint density at radius 2 is 1.93 bits per heavy atom. The molecule has 2 aromatic heterocycles.